The van der Waals surface area contributed by atoms with Crippen molar-refractivity contribution in [1.82, 2.24) is 0 Å². The van der Waals surface area contributed by atoms with E-state index in [2.05, 4.69) is 17.0 Å². The fourth-order valence-electron chi connectivity index (χ4n) is 2.22. The van der Waals surface area contributed by atoms with Crippen LogP contribution in [0.25, 0.3) is 0 Å². The van der Waals surface area contributed by atoms with Gasteiger partial charge < -0.3 is 14.7 Å². The number of hydrogen-bond donors (Lipinski definition) is 1. The molecule has 106 valence electrons. The summed E-state index contributed by atoms with van der Waals surface area (Å²) in [5.41, 5.74) is 3.39. The summed E-state index contributed by atoms with van der Waals surface area (Å²) in [5, 5.41) is 8.60. The summed E-state index contributed by atoms with van der Waals surface area (Å²) in [6, 6.07) is 4.20. The first-order valence-corrected chi connectivity index (χ1v) is 6.54. The van der Waals surface area contributed by atoms with Gasteiger partial charge in [-0.05, 0) is 49.9 Å². The zero-order valence-corrected chi connectivity index (χ0v) is 12.2. The Balaban J connectivity index is 2.62. The lowest BCUT2D eigenvalue weighted by Crippen LogP contribution is -2.19. The molecule has 0 aliphatic carbocycles. The topological polar surface area (TPSA) is 49.8 Å². The molecule has 4 heteroatoms. The third-order valence-electron chi connectivity index (χ3n) is 3.22. The zero-order valence-electron chi connectivity index (χ0n) is 12.2. The minimum atomic E-state index is -0.723. The number of methoxy groups -OCH3 is 1. The van der Waals surface area contributed by atoms with Crippen LogP contribution in [0.2, 0.25) is 0 Å². The third-order valence-corrected chi connectivity index (χ3v) is 3.22. The summed E-state index contributed by atoms with van der Waals surface area (Å²) in [6.45, 7) is 4.93. The van der Waals surface area contributed by atoms with Gasteiger partial charge in [0, 0.05) is 25.7 Å². The molecule has 1 aromatic rings. The lowest BCUT2D eigenvalue weighted by molar-refractivity contribution is -0.137. The summed E-state index contributed by atoms with van der Waals surface area (Å²) in [6.07, 6.45) is 1.84. The van der Waals surface area contributed by atoms with E-state index in [9.17, 15) is 4.79 Å². The fraction of sp³-hybridized carbons (Fsp3) is 0.533. The molecule has 0 radical (unpaired) electrons. The average Bonchev–Trinajstić information content (AvgIpc) is 2.33. The van der Waals surface area contributed by atoms with Gasteiger partial charge in [-0.3, -0.25) is 4.79 Å². The Kier molecular flexibility index (Phi) is 5.67. The van der Waals surface area contributed by atoms with Crippen LogP contribution in [-0.4, -0.2) is 31.8 Å². The highest BCUT2D eigenvalue weighted by Crippen LogP contribution is 2.28. The molecule has 0 atom stereocenters. The molecule has 0 saturated heterocycles. The summed E-state index contributed by atoms with van der Waals surface area (Å²) >= 11 is 0. The number of aliphatic carboxylic acids is 1. The van der Waals surface area contributed by atoms with Crippen molar-refractivity contribution >= 4 is 11.7 Å². The molecule has 1 rings (SSSR count). The number of anilines is 1. The summed E-state index contributed by atoms with van der Waals surface area (Å²) < 4.78 is 5.35. The zero-order chi connectivity index (χ0) is 14.4. The molecule has 0 aromatic heterocycles. The number of carboxylic acid groups (broad SMARTS) is 1. The van der Waals surface area contributed by atoms with Gasteiger partial charge in [0.15, 0.2) is 0 Å². The number of ether oxygens (including phenoxy) is 1. The lowest BCUT2D eigenvalue weighted by Gasteiger charge is -2.21. The van der Waals surface area contributed by atoms with Crippen LogP contribution in [0.15, 0.2) is 12.1 Å². The van der Waals surface area contributed by atoms with Gasteiger partial charge in [-0.2, -0.15) is 0 Å². The molecule has 0 aliphatic rings. The van der Waals surface area contributed by atoms with E-state index in [4.69, 9.17) is 9.84 Å². The van der Waals surface area contributed by atoms with E-state index in [0.29, 0.717) is 6.42 Å². The highest BCUT2D eigenvalue weighted by atomic mass is 16.5. The van der Waals surface area contributed by atoms with Crippen LogP contribution in [0.5, 0.6) is 5.75 Å². The monoisotopic (exact) mass is 265 g/mol. The van der Waals surface area contributed by atoms with Crippen molar-refractivity contribution in [3.05, 3.63) is 23.3 Å². The largest absolute Gasteiger partial charge is 0.496 e. The van der Waals surface area contributed by atoms with Gasteiger partial charge in [0.25, 0.3) is 0 Å². The van der Waals surface area contributed by atoms with Crippen molar-refractivity contribution in [1.29, 1.82) is 0 Å². The minimum absolute atomic E-state index is 0.245. The summed E-state index contributed by atoms with van der Waals surface area (Å²) in [7, 11) is 3.71. The Morgan fingerprint density at radius 2 is 1.84 bits per heavy atom. The number of benzene rings is 1. The van der Waals surface area contributed by atoms with Gasteiger partial charge in [0.2, 0.25) is 0 Å². The highest BCUT2D eigenvalue weighted by molar-refractivity contribution is 5.66. The molecule has 0 unspecified atom stereocenters. The molecule has 1 N–H and O–H groups in total. The molecular weight excluding hydrogens is 242 g/mol. The van der Waals surface area contributed by atoms with Gasteiger partial charge in [-0.15, -0.1) is 0 Å². The second-order valence-corrected chi connectivity index (χ2v) is 4.89. The molecule has 0 heterocycles. The van der Waals surface area contributed by atoms with Crippen molar-refractivity contribution in [2.24, 2.45) is 0 Å². The van der Waals surface area contributed by atoms with E-state index >= 15 is 0 Å². The first-order chi connectivity index (χ1) is 8.95. The Bertz CT molecular complexity index is 420. The average molecular weight is 265 g/mol. The Hall–Kier alpha value is -1.71. The lowest BCUT2D eigenvalue weighted by atomic mass is 10.1. The SMILES string of the molecule is COc1c(C)cc(N(C)CCCCC(=O)O)cc1C. The van der Waals surface area contributed by atoms with Gasteiger partial charge >= 0.3 is 5.97 Å². The second-order valence-electron chi connectivity index (χ2n) is 4.89. The summed E-state index contributed by atoms with van der Waals surface area (Å²) in [4.78, 5) is 12.6. The fourth-order valence-corrected chi connectivity index (χ4v) is 2.22. The van der Waals surface area contributed by atoms with Crippen molar-refractivity contribution in [2.45, 2.75) is 33.1 Å². The van der Waals surface area contributed by atoms with E-state index < -0.39 is 5.97 Å². The number of carbonyl (C=O) groups is 1. The standard InChI is InChI=1S/C15H23NO3/c1-11-9-13(10-12(2)15(11)19-4)16(3)8-6-5-7-14(17)18/h9-10H,5-8H2,1-4H3,(H,17,18). The molecule has 0 spiro atoms. The van der Waals surface area contributed by atoms with Crippen molar-refractivity contribution in [2.75, 3.05) is 25.6 Å². The molecule has 0 bridgehead atoms. The minimum Gasteiger partial charge on any atom is -0.496 e. The van der Waals surface area contributed by atoms with Crippen LogP contribution in [0.3, 0.4) is 0 Å². The van der Waals surface area contributed by atoms with Gasteiger partial charge in [-0.25, -0.2) is 0 Å². The second kappa shape index (κ2) is 7.02. The van der Waals surface area contributed by atoms with Gasteiger partial charge in [0.1, 0.15) is 5.75 Å². The van der Waals surface area contributed by atoms with Crippen LogP contribution in [0, 0.1) is 13.8 Å². The van der Waals surface area contributed by atoms with Crippen LogP contribution in [0.1, 0.15) is 30.4 Å². The van der Waals surface area contributed by atoms with Crippen LogP contribution >= 0.6 is 0 Å². The number of unbranched alkanes of at least 4 members (excludes halogenated alkanes) is 1. The van der Waals surface area contributed by atoms with E-state index in [0.717, 1.165) is 35.5 Å². The first kappa shape index (κ1) is 15.3. The summed E-state index contributed by atoms with van der Waals surface area (Å²) in [5.74, 6) is 0.210. The number of hydrogen-bond acceptors (Lipinski definition) is 3. The third kappa shape index (κ3) is 4.47. The van der Waals surface area contributed by atoms with Gasteiger partial charge in [0.05, 0.1) is 7.11 Å². The predicted octanol–water partition coefficient (Wildman–Crippen LogP) is 3.00. The Labute approximate surface area is 115 Å². The quantitative estimate of drug-likeness (QED) is 0.770. The molecule has 4 nitrogen and oxygen atoms in total. The normalized spacial score (nSPS) is 10.3. The van der Waals surface area contributed by atoms with Crippen LogP contribution in [0.4, 0.5) is 5.69 Å². The molecule has 0 amide bonds. The Morgan fingerprint density at radius 1 is 1.26 bits per heavy atom. The maximum Gasteiger partial charge on any atom is 0.303 e. The van der Waals surface area contributed by atoms with E-state index in [1.165, 1.54) is 0 Å². The number of nitrogens with zero attached hydrogens (tertiary/aromatic N) is 1. The smallest absolute Gasteiger partial charge is 0.303 e. The van der Waals surface area contributed by atoms with E-state index in [-0.39, 0.29) is 6.42 Å². The number of carboxylic acids is 1. The maximum absolute atomic E-state index is 10.4. The maximum atomic E-state index is 10.4. The number of rotatable bonds is 7. The first-order valence-electron chi connectivity index (χ1n) is 6.54. The predicted molar refractivity (Wildman–Crippen MR) is 77.2 cm³/mol. The molecule has 0 aliphatic heterocycles. The Morgan fingerprint density at radius 3 is 2.32 bits per heavy atom. The van der Waals surface area contributed by atoms with E-state index in [1.807, 2.05) is 20.9 Å². The highest BCUT2D eigenvalue weighted by Gasteiger charge is 2.08. The van der Waals surface area contributed by atoms with Gasteiger partial charge in [-0.1, -0.05) is 0 Å². The van der Waals surface area contributed by atoms with Crippen LogP contribution in [-0.2, 0) is 4.79 Å². The molecular formula is C15H23NO3. The van der Waals surface area contributed by atoms with Crippen molar-refractivity contribution in [3.8, 4) is 5.75 Å². The van der Waals surface area contributed by atoms with Crippen molar-refractivity contribution < 1.29 is 14.6 Å². The molecule has 0 saturated carbocycles. The molecule has 0 fully saturated rings. The number of aryl methyl sites for hydroxylation is 2. The molecule has 1 aromatic carbocycles. The van der Waals surface area contributed by atoms with E-state index in [1.54, 1.807) is 7.11 Å². The molecule has 19 heavy (non-hydrogen) atoms. The van der Waals surface area contributed by atoms with Crippen LogP contribution < -0.4 is 9.64 Å². The van der Waals surface area contributed by atoms with Crippen molar-refractivity contribution in [3.63, 3.8) is 0 Å².